The molecular formula is C16H18BrNS. The predicted octanol–water partition coefficient (Wildman–Crippen LogP) is 4.50. The van der Waals surface area contributed by atoms with E-state index in [9.17, 15) is 0 Å². The van der Waals surface area contributed by atoms with Gasteiger partial charge in [-0.25, -0.2) is 0 Å². The van der Waals surface area contributed by atoms with Crippen molar-refractivity contribution in [1.29, 1.82) is 0 Å². The van der Waals surface area contributed by atoms with Crippen LogP contribution in [0.3, 0.4) is 0 Å². The normalized spacial score (nSPS) is 12.3. The van der Waals surface area contributed by atoms with Gasteiger partial charge in [-0.3, -0.25) is 0 Å². The lowest BCUT2D eigenvalue weighted by Gasteiger charge is -2.11. The Kier molecular flexibility index (Phi) is 5.95. The molecule has 0 aromatic heterocycles. The van der Waals surface area contributed by atoms with Crippen LogP contribution in [-0.2, 0) is 6.42 Å². The molecule has 100 valence electrons. The van der Waals surface area contributed by atoms with Crippen LogP contribution >= 0.6 is 27.7 Å². The number of nitrogens with two attached hydrogens (primary N) is 1. The summed E-state index contributed by atoms with van der Waals surface area (Å²) in [7, 11) is 0. The molecular weight excluding hydrogens is 318 g/mol. The van der Waals surface area contributed by atoms with E-state index in [1.807, 2.05) is 17.8 Å². The molecule has 0 heterocycles. The number of hydrogen-bond donors (Lipinski definition) is 1. The highest BCUT2D eigenvalue weighted by Gasteiger charge is 2.04. The highest BCUT2D eigenvalue weighted by molar-refractivity contribution is 9.10. The van der Waals surface area contributed by atoms with Crippen LogP contribution < -0.4 is 5.73 Å². The lowest BCUT2D eigenvalue weighted by atomic mass is 10.1. The summed E-state index contributed by atoms with van der Waals surface area (Å²) in [5.74, 6) is 1.07. The summed E-state index contributed by atoms with van der Waals surface area (Å²) in [5.41, 5.74) is 7.49. The number of hydrogen-bond acceptors (Lipinski definition) is 2. The monoisotopic (exact) mass is 335 g/mol. The second-order valence-corrected chi connectivity index (χ2v) is 6.62. The summed E-state index contributed by atoms with van der Waals surface area (Å²) in [6, 6.07) is 19.1. The van der Waals surface area contributed by atoms with Crippen molar-refractivity contribution in [2.45, 2.75) is 23.8 Å². The molecule has 1 atom stereocenters. The molecule has 1 nitrogen and oxygen atoms in total. The van der Waals surface area contributed by atoms with Crippen LogP contribution in [-0.4, -0.2) is 11.8 Å². The first-order valence-corrected chi connectivity index (χ1v) is 8.20. The smallest absolute Gasteiger partial charge is 0.0175 e. The summed E-state index contributed by atoms with van der Waals surface area (Å²) in [5, 5.41) is 0. The zero-order chi connectivity index (χ0) is 13.5. The standard InChI is InChI=1S/C16H18BrNS/c17-14-8-6-13(7-9-14)12-15(18)10-11-19-16-4-2-1-3-5-16/h1-9,15H,10-12,18H2. The van der Waals surface area contributed by atoms with Gasteiger partial charge < -0.3 is 5.73 Å². The van der Waals surface area contributed by atoms with Gasteiger partial charge >= 0.3 is 0 Å². The summed E-state index contributed by atoms with van der Waals surface area (Å²) in [6.45, 7) is 0. The molecule has 2 aromatic rings. The van der Waals surface area contributed by atoms with Gasteiger partial charge in [-0.1, -0.05) is 46.3 Å². The Morgan fingerprint density at radius 2 is 1.68 bits per heavy atom. The minimum atomic E-state index is 0.234. The van der Waals surface area contributed by atoms with Crippen molar-refractivity contribution >= 4 is 27.7 Å². The maximum Gasteiger partial charge on any atom is 0.0175 e. The summed E-state index contributed by atoms with van der Waals surface area (Å²) >= 11 is 5.32. The number of halogens is 1. The predicted molar refractivity (Wildman–Crippen MR) is 87.6 cm³/mol. The third-order valence-electron chi connectivity index (χ3n) is 2.91. The second kappa shape index (κ2) is 7.73. The SMILES string of the molecule is NC(CCSc1ccccc1)Cc1ccc(Br)cc1. The third kappa shape index (κ3) is 5.39. The van der Waals surface area contributed by atoms with E-state index >= 15 is 0 Å². The molecule has 0 saturated heterocycles. The molecule has 0 radical (unpaired) electrons. The zero-order valence-electron chi connectivity index (χ0n) is 10.8. The fourth-order valence-electron chi connectivity index (χ4n) is 1.87. The Labute approximate surface area is 127 Å². The van der Waals surface area contributed by atoms with E-state index in [2.05, 4.69) is 64.5 Å². The highest BCUT2D eigenvalue weighted by atomic mass is 79.9. The van der Waals surface area contributed by atoms with Crippen LogP contribution in [0.4, 0.5) is 0 Å². The average molecular weight is 336 g/mol. The van der Waals surface area contributed by atoms with E-state index in [0.29, 0.717) is 0 Å². The Balaban J connectivity index is 1.73. The molecule has 0 aliphatic rings. The van der Waals surface area contributed by atoms with Crippen molar-refractivity contribution in [2.75, 3.05) is 5.75 Å². The molecule has 3 heteroatoms. The van der Waals surface area contributed by atoms with Gasteiger partial charge in [-0.15, -0.1) is 11.8 Å². The first-order chi connectivity index (χ1) is 9.24. The molecule has 1 unspecified atom stereocenters. The average Bonchev–Trinajstić information content (AvgIpc) is 2.43. The van der Waals surface area contributed by atoms with Gasteiger partial charge in [-0.05, 0) is 48.4 Å². The van der Waals surface area contributed by atoms with Gasteiger partial charge in [0.1, 0.15) is 0 Å². The van der Waals surface area contributed by atoms with E-state index in [1.165, 1.54) is 10.5 Å². The number of thioether (sulfide) groups is 1. The van der Waals surface area contributed by atoms with Crippen LogP contribution in [0.1, 0.15) is 12.0 Å². The fraction of sp³-hybridized carbons (Fsp3) is 0.250. The van der Waals surface area contributed by atoms with Gasteiger partial charge in [-0.2, -0.15) is 0 Å². The van der Waals surface area contributed by atoms with Crippen molar-refractivity contribution in [3.05, 3.63) is 64.6 Å². The van der Waals surface area contributed by atoms with Gasteiger partial charge in [0.25, 0.3) is 0 Å². The zero-order valence-corrected chi connectivity index (χ0v) is 13.2. The van der Waals surface area contributed by atoms with E-state index in [0.717, 1.165) is 23.1 Å². The molecule has 2 aromatic carbocycles. The van der Waals surface area contributed by atoms with Crippen LogP contribution in [0.2, 0.25) is 0 Å². The highest BCUT2D eigenvalue weighted by Crippen LogP contribution is 2.19. The first kappa shape index (κ1) is 14.6. The second-order valence-electron chi connectivity index (χ2n) is 4.54. The quantitative estimate of drug-likeness (QED) is 0.786. The first-order valence-electron chi connectivity index (χ1n) is 6.42. The van der Waals surface area contributed by atoms with Crippen molar-refractivity contribution in [1.82, 2.24) is 0 Å². The van der Waals surface area contributed by atoms with Gasteiger partial charge in [0, 0.05) is 15.4 Å². The third-order valence-corrected chi connectivity index (χ3v) is 4.49. The molecule has 0 aliphatic heterocycles. The molecule has 0 aliphatic carbocycles. The molecule has 2 rings (SSSR count). The van der Waals surface area contributed by atoms with E-state index in [4.69, 9.17) is 5.73 Å². The van der Waals surface area contributed by atoms with Gasteiger partial charge in [0.05, 0.1) is 0 Å². The molecule has 19 heavy (non-hydrogen) atoms. The van der Waals surface area contributed by atoms with E-state index in [-0.39, 0.29) is 6.04 Å². The summed E-state index contributed by atoms with van der Waals surface area (Å²) in [6.07, 6.45) is 1.98. The maximum absolute atomic E-state index is 6.18. The lowest BCUT2D eigenvalue weighted by molar-refractivity contribution is 0.651. The van der Waals surface area contributed by atoms with Crippen LogP contribution in [0.5, 0.6) is 0 Å². The van der Waals surface area contributed by atoms with Crippen LogP contribution in [0, 0.1) is 0 Å². The molecule has 0 amide bonds. The summed E-state index contributed by atoms with van der Waals surface area (Å²) < 4.78 is 1.12. The van der Waals surface area contributed by atoms with Crippen molar-refractivity contribution in [2.24, 2.45) is 5.73 Å². The van der Waals surface area contributed by atoms with Crippen molar-refractivity contribution in [3.8, 4) is 0 Å². The number of rotatable bonds is 6. The van der Waals surface area contributed by atoms with Crippen molar-refractivity contribution < 1.29 is 0 Å². The number of benzene rings is 2. The minimum Gasteiger partial charge on any atom is -0.327 e. The van der Waals surface area contributed by atoms with Crippen LogP contribution in [0.15, 0.2) is 64.0 Å². The topological polar surface area (TPSA) is 26.0 Å². The molecule has 0 saturated carbocycles. The minimum absolute atomic E-state index is 0.234. The fourth-order valence-corrected chi connectivity index (χ4v) is 3.14. The van der Waals surface area contributed by atoms with Gasteiger partial charge in [0.2, 0.25) is 0 Å². The van der Waals surface area contributed by atoms with Crippen molar-refractivity contribution in [3.63, 3.8) is 0 Å². The largest absolute Gasteiger partial charge is 0.327 e. The van der Waals surface area contributed by atoms with Crippen LogP contribution in [0.25, 0.3) is 0 Å². The molecule has 0 bridgehead atoms. The van der Waals surface area contributed by atoms with E-state index in [1.54, 1.807) is 0 Å². The van der Waals surface area contributed by atoms with Gasteiger partial charge in [0.15, 0.2) is 0 Å². The maximum atomic E-state index is 6.18. The molecule has 0 fully saturated rings. The lowest BCUT2D eigenvalue weighted by Crippen LogP contribution is -2.23. The Hall–Kier alpha value is -0.770. The Morgan fingerprint density at radius 1 is 1.00 bits per heavy atom. The molecule has 0 spiro atoms. The summed E-state index contributed by atoms with van der Waals surface area (Å²) in [4.78, 5) is 1.32. The van der Waals surface area contributed by atoms with E-state index < -0.39 is 0 Å². The molecule has 2 N–H and O–H groups in total. The Bertz CT molecular complexity index is 484. The Morgan fingerprint density at radius 3 is 2.37 bits per heavy atom.